The number of carbonyl (C=O) groups excluding carboxylic acids is 2. The van der Waals surface area contributed by atoms with E-state index in [1.807, 2.05) is 20.8 Å². The van der Waals surface area contributed by atoms with Gasteiger partial charge in [-0.05, 0) is 39.0 Å². The van der Waals surface area contributed by atoms with E-state index in [2.05, 4.69) is 20.4 Å². The number of benzene rings is 1. The van der Waals surface area contributed by atoms with Crippen molar-refractivity contribution >= 4 is 40.7 Å². The van der Waals surface area contributed by atoms with E-state index in [1.54, 1.807) is 18.2 Å². The first kappa shape index (κ1) is 21.0. The molecule has 8 heteroatoms. The molecule has 26 heavy (non-hydrogen) atoms. The Labute approximate surface area is 164 Å². The van der Waals surface area contributed by atoms with Crippen LogP contribution in [0.3, 0.4) is 0 Å². The number of nitrogens with one attached hydrogen (secondary N) is 2. The molecule has 0 saturated carbocycles. The second kappa shape index (κ2) is 9.55. The van der Waals surface area contributed by atoms with E-state index in [1.165, 1.54) is 0 Å². The lowest BCUT2D eigenvalue weighted by Crippen LogP contribution is -2.54. The van der Waals surface area contributed by atoms with Crippen LogP contribution in [0.1, 0.15) is 20.8 Å². The maximum absolute atomic E-state index is 12.5. The van der Waals surface area contributed by atoms with Gasteiger partial charge in [-0.2, -0.15) is 0 Å². The third-order valence-electron chi connectivity index (χ3n) is 4.34. The third kappa shape index (κ3) is 6.13. The van der Waals surface area contributed by atoms with E-state index in [0.29, 0.717) is 22.3 Å². The lowest BCUT2D eigenvalue weighted by Gasteiger charge is -2.37. The van der Waals surface area contributed by atoms with E-state index >= 15 is 0 Å². The van der Waals surface area contributed by atoms with Crippen LogP contribution in [0.15, 0.2) is 18.2 Å². The van der Waals surface area contributed by atoms with Crippen LogP contribution in [-0.2, 0) is 9.59 Å². The summed E-state index contributed by atoms with van der Waals surface area (Å²) in [4.78, 5) is 28.6. The van der Waals surface area contributed by atoms with Gasteiger partial charge in [-0.25, -0.2) is 0 Å². The molecule has 1 aliphatic heterocycles. The normalized spacial score (nSPS) is 17.2. The third-order valence-corrected chi connectivity index (χ3v) is 4.90. The summed E-state index contributed by atoms with van der Waals surface area (Å²) < 4.78 is 0. The Hall–Kier alpha value is -1.34. The molecule has 1 aromatic rings. The van der Waals surface area contributed by atoms with Crippen LogP contribution < -0.4 is 10.6 Å². The zero-order valence-corrected chi connectivity index (χ0v) is 16.9. The van der Waals surface area contributed by atoms with E-state index in [9.17, 15) is 9.59 Å². The van der Waals surface area contributed by atoms with Crippen LogP contribution in [-0.4, -0.2) is 66.4 Å². The SMILES string of the molecule is CC(C)NC(=O)CN1CCN(C(C)C(=O)Nc2cc(Cl)ccc2Cl)CC1. The molecule has 0 aliphatic carbocycles. The molecule has 1 fully saturated rings. The smallest absolute Gasteiger partial charge is 0.241 e. The number of anilines is 1. The van der Waals surface area contributed by atoms with Crippen molar-refractivity contribution in [3.63, 3.8) is 0 Å². The Balaban J connectivity index is 1.83. The van der Waals surface area contributed by atoms with Crippen molar-refractivity contribution in [1.29, 1.82) is 0 Å². The van der Waals surface area contributed by atoms with E-state index in [4.69, 9.17) is 23.2 Å². The number of hydrogen-bond acceptors (Lipinski definition) is 4. The highest BCUT2D eigenvalue weighted by Gasteiger charge is 2.26. The number of piperazine rings is 1. The molecule has 6 nitrogen and oxygen atoms in total. The Bertz CT molecular complexity index is 646. The average molecular weight is 401 g/mol. The largest absolute Gasteiger partial charge is 0.353 e. The van der Waals surface area contributed by atoms with Crippen molar-refractivity contribution < 1.29 is 9.59 Å². The van der Waals surface area contributed by atoms with Gasteiger partial charge in [0.15, 0.2) is 0 Å². The van der Waals surface area contributed by atoms with E-state index in [-0.39, 0.29) is 23.9 Å². The minimum absolute atomic E-state index is 0.0369. The minimum atomic E-state index is -0.295. The van der Waals surface area contributed by atoms with Crippen molar-refractivity contribution in [3.8, 4) is 0 Å². The lowest BCUT2D eigenvalue weighted by molar-refractivity contribution is -0.125. The predicted octanol–water partition coefficient (Wildman–Crippen LogP) is 2.46. The molecule has 0 radical (unpaired) electrons. The van der Waals surface area contributed by atoms with Crippen LogP contribution >= 0.6 is 23.2 Å². The van der Waals surface area contributed by atoms with E-state index < -0.39 is 0 Å². The van der Waals surface area contributed by atoms with Crippen molar-refractivity contribution in [1.82, 2.24) is 15.1 Å². The summed E-state index contributed by atoms with van der Waals surface area (Å²) in [5, 5.41) is 6.71. The topological polar surface area (TPSA) is 64.7 Å². The summed E-state index contributed by atoms with van der Waals surface area (Å²) in [7, 11) is 0. The number of carbonyl (C=O) groups is 2. The number of rotatable bonds is 6. The standard InChI is InChI=1S/C18H26Cl2N4O2/c1-12(2)21-17(25)11-23-6-8-24(9-7-23)13(3)18(26)22-16-10-14(19)4-5-15(16)20/h4-5,10,12-13H,6-9,11H2,1-3H3,(H,21,25)(H,22,26). The van der Waals surface area contributed by atoms with Gasteiger partial charge in [-0.15, -0.1) is 0 Å². The average Bonchev–Trinajstić information content (AvgIpc) is 2.57. The zero-order chi connectivity index (χ0) is 19.3. The molecule has 0 bridgehead atoms. The van der Waals surface area contributed by atoms with Crippen molar-refractivity contribution in [2.75, 3.05) is 38.0 Å². The molecule has 1 aliphatic rings. The number of nitrogens with zero attached hydrogens (tertiary/aromatic N) is 2. The summed E-state index contributed by atoms with van der Waals surface area (Å²) in [5.41, 5.74) is 0.514. The zero-order valence-electron chi connectivity index (χ0n) is 15.4. The summed E-state index contributed by atoms with van der Waals surface area (Å²) >= 11 is 12.1. The number of halogens is 2. The van der Waals surface area contributed by atoms with Crippen LogP contribution in [0, 0.1) is 0 Å². The predicted molar refractivity (Wildman–Crippen MR) is 106 cm³/mol. The fraction of sp³-hybridized carbons (Fsp3) is 0.556. The van der Waals surface area contributed by atoms with Crippen LogP contribution in [0.25, 0.3) is 0 Å². The summed E-state index contributed by atoms with van der Waals surface area (Å²) in [6.45, 7) is 9.12. The van der Waals surface area contributed by atoms with Crippen molar-refractivity contribution in [2.24, 2.45) is 0 Å². The van der Waals surface area contributed by atoms with Gasteiger partial charge in [0.05, 0.1) is 23.3 Å². The summed E-state index contributed by atoms with van der Waals surface area (Å²) in [6, 6.07) is 4.82. The van der Waals surface area contributed by atoms with Crippen molar-refractivity contribution in [2.45, 2.75) is 32.9 Å². The number of hydrogen-bond donors (Lipinski definition) is 2. The first-order valence-corrected chi connectivity index (χ1v) is 9.53. The van der Waals surface area contributed by atoms with Crippen LogP contribution in [0.4, 0.5) is 5.69 Å². The molecule has 1 saturated heterocycles. The highest BCUT2D eigenvalue weighted by molar-refractivity contribution is 6.35. The van der Waals surface area contributed by atoms with Gasteiger partial charge >= 0.3 is 0 Å². The fourth-order valence-corrected chi connectivity index (χ4v) is 3.21. The second-order valence-electron chi connectivity index (χ2n) is 6.82. The number of amides is 2. The quantitative estimate of drug-likeness (QED) is 0.769. The minimum Gasteiger partial charge on any atom is -0.353 e. The van der Waals surface area contributed by atoms with Gasteiger partial charge in [0.1, 0.15) is 0 Å². The Kier molecular flexibility index (Phi) is 7.70. The van der Waals surface area contributed by atoms with Gasteiger partial charge in [0.2, 0.25) is 11.8 Å². The highest BCUT2D eigenvalue weighted by Crippen LogP contribution is 2.25. The molecule has 1 aromatic carbocycles. The molecule has 144 valence electrons. The summed E-state index contributed by atoms with van der Waals surface area (Å²) in [5.74, 6) is -0.0880. The molecule has 1 atom stereocenters. The van der Waals surface area contributed by atoms with E-state index in [0.717, 1.165) is 26.2 Å². The van der Waals surface area contributed by atoms with Gasteiger partial charge < -0.3 is 10.6 Å². The highest BCUT2D eigenvalue weighted by atomic mass is 35.5. The second-order valence-corrected chi connectivity index (χ2v) is 7.67. The molecular weight excluding hydrogens is 375 g/mol. The van der Waals surface area contributed by atoms with Crippen LogP contribution in [0.5, 0.6) is 0 Å². The Morgan fingerprint density at radius 1 is 1.12 bits per heavy atom. The fourth-order valence-electron chi connectivity index (χ4n) is 2.88. The molecule has 2 N–H and O–H groups in total. The lowest BCUT2D eigenvalue weighted by atomic mass is 10.2. The maximum atomic E-state index is 12.5. The Morgan fingerprint density at radius 2 is 1.77 bits per heavy atom. The Morgan fingerprint density at radius 3 is 2.38 bits per heavy atom. The summed E-state index contributed by atoms with van der Waals surface area (Å²) in [6.07, 6.45) is 0. The molecule has 2 amide bonds. The van der Waals surface area contributed by atoms with Gasteiger partial charge in [0.25, 0.3) is 0 Å². The maximum Gasteiger partial charge on any atom is 0.241 e. The molecule has 1 unspecified atom stereocenters. The first-order valence-electron chi connectivity index (χ1n) is 8.78. The molecule has 0 aromatic heterocycles. The van der Waals surface area contributed by atoms with Gasteiger partial charge in [-0.1, -0.05) is 23.2 Å². The molecule has 1 heterocycles. The first-order chi connectivity index (χ1) is 12.3. The monoisotopic (exact) mass is 400 g/mol. The van der Waals surface area contributed by atoms with Gasteiger partial charge in [0, 0.05) is 37.2 Å². The van der Waals surface area contributed by atoms with Gasteiger partial charge in [-0.3, -0.25) is 19.4 Å². The van der Waals surface area contributed by atoms with Crippen LogP contribution in [0.2, 0.25) is 10.0 Å². The van der Waals surface area contributed by atoms with Crippen molar-refractivity contribution in [3.05, 3.63) is 28.2 Å². The molecule has 0 spiro atoms. The molecular formula is C18H26Cl2N4O2. The molecule has 2 rings (SSSR count).